The smallest absolute Gasteiger partial charge is 0.127 e. The topological polar surface area (TPSA) is 182 Å². The van der Waals surface area contributed by atoms with Crippen molar-refractivity contribution >= 4 is 11.6 Å². The van der Waals surface area contributed by atoms with Crippen molar-refractivity contribution in [2.24, 2.45) is 0 Å². The summed E-state index contributed by atoms with van der Waals surface area (Å²) in [5.74, 6) is -4.23. The standard InChI is InChI=1S/C42H32O9/c43-23-5-1-20(2-6-23)11-31-33-16-28(48)19-36(51)40(33)38(21-3-7-24(44)8-4-21)42-34-17-29(49)18-35(50)39(34)32-15-25(45)9-10-30(32)41(42)37(31)22-12-26(46)14-27(47)13-22/h1-19,37-38,41-51H/t37-,38-,41-,42+/m1/s1. The summed E-state index contributed by atoms with van der Waals surface area (Å²) in [6, 6.07) is 27.7. The largest absolute Gasteiger partial charge is 0.508 e. The second kappa shape index (κ2) is 11.7. The quantitative estimate of drug-likeness (QED) is 0.0893. The fourth-order valence-corrected chi connectivity index (χ4v) is 8.29. The van der Waals surface area contributed by atoms with E-state index in [2.05, 4.69) is 0 Å². The maximum atomic E-state index is 11.9. The minimum atomic E-state index is -0.773. The Kier molecular flexibility index (Phi) is 7.23. The van der Waals surface area contributed by atoms with Gasteiger partial charge in [-0.15, -0.1) is 0 Å². The molecule has 9 nitrogen and oxygen atoms in total. The first kappa shape index (κ1) is 31.5. The molecular formula is C42H32O9. The molecule has 6 aromatic carbocycles. The van der Waals surface area contributed by atoms with Crippen molar-refractivity contribution in [2.45, 2.75) is 23.7 Å². The fourth-order valence-electron chi connectivity index (χ4n) is 8.29. The van der Waals surface area contributed by atoms with Crippen LogP contribution in [0, 0.1) is 0 Å². The molecule has 0 heterocycles. The number of hydrogen-bond acceptors (Lipinski definition) is 9. The maximum absolute atomic E-state index is 11.9. The molecule has 0 saturated heterocycles. The Morgan fingerprint density at radius 3 is 1.63 bits per heavy atom. The average Bonchev–Trinajstić information content (AvgIpc) is 3.18. The average molecular weight is 681 g/mol. The summed E-state index contributed by atoms with van der Waals surface area (Å²) in [5, 5.41) is 98.5. The fraction of sp³-hybridized carbons (Fsp3) is 0.0952. The molecule has 2 aliphatic rings. The van der Waals surface area contributed by atoms with E-state index in [9.17, 15) is 46.0 Å². The SMILES string of the molecule is Oc1ccc(C=C2c3cc(O)cc(O)c3[C@@H](c3ccc(O)cc3)[C@@H]3c4cc(O)cc(O)c4-c4cc(O)ccc4[C@@H]3[C@@H]2c2cc(O)cc(O)c2)cc1. The third-order valence-electron chi connectivity index (χ3n) is 10.1. The van der Waals surface area contributed by atoms with E-state index in [1.165, 1.54) is 60.7 Å². The Labute approximate surface area is 291 Å². The zero-order chi connectivity index (χ0) is 35.7. The number of allylic oxidation sites excluding steroid dienone is 1. The second-order valence-electron chi connectivity index (χ2n) is 13.2. The molecule has 0 aromatic heterocycles. The van der Waals surface area contributed by atoms with Crippen LogP contribution in [-0.2, 0) is 0 Å². The molecular weight excluding hydrogens is 648 g/mol. The summed E-state index contributed by atoms with van der Waals surface area (Å²) in [6.45, 7) is 0. The Hall–Kier alpha value is -6.74. The van der Waals surface area contributed by atoms with Crippen molar-refractivity contribution in [1.29, 1.82) is 0 Å². The molecule has 0 aliphatic heterocycles. The lowest BCUT2D eigenvalue weighted by Gasteiger charge is -2.43. The summed E-state index contributed by atoms with van der Waals surface area (Å²) >= 11 is 0. The van der Waals surface area contributed by atoms with Gasteiger partial charge >= 0.3 is 0 Å². The number of hydrogen-bond donors (Lipinski definition) is 9. The van der Waals surface area contributed by atoms with E-state index < -0.39 is 23.7 Å². The van der Waals surface area contributed by atoms with Crippen LogP contribution in [0.5, 0.6) is 51.7 Å². The van der Waals surface area contributed by atoms with Gasteiger partial charge in [0.05, 0.1) is 0 Å². The predicted molar refractivity (Wildman–Crippen MR) is 191 cm³/mol. The normalized spacial score (nSPS) is 19.7. The predicted octanol–water partition coefficient (Wildman–Crippen LogP) is 8.05. The van der Waals surface area contributed by atoms with E-state index in [0.717, 1.165) is 0 Å². The number of aromatic hydroxyl groups is 9. The molecule has 51 heavy (non-hydrogen) atoms. The number of fused-ring (bicyclic) bond motifs is 7. The van der Waals surface area contributed by atoms with Crippen LogP contribution in [0.15, 0.2) is 109 Å². The molecule has 0 spiro atoms. The van der Waals surface area contributed by atoms with Gasteiger partial charge in [-0.25, -0.2) is 0 Å². The third-order valence-corrected chi connectivity index (χ3v) is 10.1. The molecule has 0 radical (unpaired) electrons. The number of benzene rings is 6. The van der Waals surface area contributed by atoms with E-state index in [1.54, 1.807) is 48.5 Å². The van der Waals surface area contributed by atoms with Gasteiger partial charge in [-0.05, 0) is 105 Å². The minimum Gasteiger partial charge on any atom is -0.508 e. The van der Waals surface area contributed by atoms with Gasteiger partial charge in [0.2, 0.25) is 0 Å². The van der Waals surface area contributed by atoms with Crippen molar-refractivity contribution in [3.05, 3.63) is 148 Å². The van der Waals surface area contributed by atoms with Crippen molar-refractivity contribution in [2.75, 3.05) is 0 Å². The summed E-state index contributed by atoms with van der Waals surface area (Å²) in [6.07, 6.45) is 1.86. The Balaban J connectivity index is 1.59. The molecule has 6 aromatic rings. The van der Waals surface area contributed by atoms with Crippen LogP contribution in [-0.4, -0.2) is 46.0 Å². The highest BCUT2D eigenvalue weighted by atomic mass is 16.3. The van der Waals surface area contributed by atoms with Crippen LogP contribution in [0.2, 0.25) is 0 Å². The second-order valence-corrected chi connectivity index (χ2v) is 13.2. The molecule has 9 heteroatoms. The van der Waals surface area contributed by atoms with E-state index in [4.69, 9.17) is 0 Å². The molecule has 0 amide bonds. The van der Waals surface area contributed by atoms with E-state index >= 15 is 0 Å². The van der Waals surface area contributed by atoms with Crippen LogP contribution in [0.25, 0.3) is 22.8 Å². The van der Waals surface area contributed by atoms with Gasteiger partial charge in [0.1, 0.15) is 51.7 Å². The van der Waals surface area contributed by atoms with Gasteiger partial charge in [-0.2, -0.15) is 0 Å². The van der Waals surface area contributed by atoms with Crippen molar-refractivity contribution in [1.82, 2.24) is 0 Å². The lowest BCUT2D eigenvalue weighted by Crippen LogP contribution is -2.27. The molecule has 0 unspecified atom stereocenters. The van der Waals surface area contributed by atoms with Crippen LogP contribution < -0.4 is 0 Å². The lowest BCUT2D eigenvalue weighted by molar-refractivity contribution is 0.419. The van der Waals surface area contributed by atoms with Crippen molar-refractivity contribution < 1.29 is 46.0 Å². The summed E-state index contributed by atoms with van der Waals surface area (Å²) in [4.78, 5) is 0. The van der Waals surface area contributed by atoms with Crippen LogP contribution in [0.1, 0.15) is 62.6 Å². The summed E-state index contributed by atoms with van der Waals surface area (Å²) in [5.41, 5.74) is 5.22. The highest BCUT2D eigenvalue weighted by Crippen LogP contribution is 2.67. The molecule has 0 bridgehead atoms. The van der Waals surface area contributed by atoms with Crippen LogP contribution >= 0.6 is 0 Å². The van der Waals surface area contributed by atoms with Gasteiger partial charge in [-0.1, -0.05) is 36.4 Å². The zero-order valence-electron chi connectivity index (χ0n) is 26.8. The lowest BCUT2D eigenvalue weighted by atomic mass is 9.60. The van der Waals surface area contributed by atoms with Gasteiger partial charge in [0, 0.05) is 53.0 Å². The number of phenolic OH excluding ortho intramolecular Hbond substituents is 9. The van der Waals surface area contributed by atoms with E-state index in [1.807, 2.05) is 6.08 Å². The van der Waals surface area contributed by atoms with E-state index in [0.29, 0.717) is 55.6 Å². The highest BCUT2D eigenvalue weighted by molar-refractivity contribution is 5.92. The number of rotatable bonds is 3. The number of phenols is 9. The molecule has 0 fully saturated rings. The van der Waals surface area contributed by atoms with E-state index in [-0.39, 0.29) is 51.7 Å². The van der Waals surface area contributed by atoms with Crippen LogP contribution in [0.4, 0.5) is 0 Å². The first-order valence-corrected chi connectivity index (χ1v) is 16.2. The Morgan fingerprint density at radius 1 is 0.392 bits per heavy atom. The summed E-state index contributed by atoms with van der Waals surface area (Å²) < 4.78 is 0. The van der Waals surface area contributed by atoms with Crippen molar-refractivity contribution in [3.63, 3.8) is 0 Å². The molecule has 8 rings (SSSR count). The zero-order valence-corrected chi connectivity index (χ0v) is 26.8. The maximum Gasteiger partial charge on any atom is 0.127 e. The molecule has 2 aliphatic carbocycles. The molecule has 254 valence electrons. The highest BCUT2D eigenvalue weighted by Gasteiger charge is 2.50. The van der Waals surface area contributed by atoms with Crippen molar-refractivity contribution in [3.8, 4) is 62.9 Å². The van der Waals surface area contributed by atoms with Gasteiger partial charge in [0.15, 0.2) is 0 Å². The summed E-state index contributed by atoms with van der Waals surface area (Å²) in [7, 11) is 0. The van der Waals surface area contributed by atoms with Gasteiger partial charge in [-0.3, -0.25) is 0 Å². The van der Waals surface area contributed by atoms with Gasteiger partial charge in [0.25, 0.3) is 0 Å². The Morgan fingerprint density at radius 2 is 0.941 bits per heavy atom. The Bertz CT molecular complexity index is 2360. The molecule has 0 saturated carbocycles. The monoisotopic (exact) mass is 680 g/mol. The first-order valence-electron chi connectivity index (χ1n) is 16.2. The third kappa shape index (κ3) is 5.27. The van der Waals surface area contributed by atoms with Gasteiger partial charge < -0.3 is 46.0 Å². The first-order chi connectivity index (χ1) is 24.5. The van der Waals surface area contributed by atoms with Crippen LogP contribution in [0.3, 0.4) is 0 Å². The molecule has 9 N–H and O–H groups in total. The molecule has 4 atom stereocenters. The minimum absolute atomic E-state index is 0.0141.